The molecule has 0 amide bonds. The van der Waals surface area contributed by atoms with Crippen LogP contribution < -0.4 is 0 Å². The summed E-state index contributed by atoms with van der Waals surface area (Å²) in [7, 11) is 0. The summed E-state index contributed by atoms with van der Waals surface area (Å²) in [5, 5.41) is 0. The standard InChI is InChI=1S/C11H18/c1-9(2)11-7-3-5-10(11)6-4-8-11/h5,9H,3-4,6-8H2,1-2H3. The van der Waals surface area contributed by atoms with E-state index in [2.05, 4.69) is 19.9 Å². The van der Waals surface area contributed by atoms with Gasteiger partial charge in [0.05, 0.1) is 0 Å². The van der Waals surface area contributed by atoms with E-state index in [0.717, 1.165) is 5.92 Å². The first-order valence-corrected chi connectivity index (χ1v) is 4.95. The summed E-state index contributed by atoms with van der Waals surface area (Å²) in [6.45, 7) is 4.79. The van der Waals surface area contributed by atoms with Crippen LogP contribution in [0.5, 0.6) is 0 Å². The lowest BCUT2D eigenvalue weighted by Crippen LogP contribution is -2.22. The van der Waals surface area contributed by atoms with Crippen molar-refractivity contribution >= 4 is 0 Å². The molecule has 62 valence electrons. The van der Waals surface area contributed by atoms with E-state index in [1.54, 1.807) is 5.57 Å². The molecule has 0 radical (unpaired) electrons. The van der Waals surface area contributed by atoms with E-state index in [1.807, 2.05) is 0 Å². The van der Waals surface area contributed by atoms with Crippen molar-refractivity contribution in [3.63, 3.8) is 0 Å². The first-order chi connectivity index (χ1) is 5.26. The third kappa shape index (κ3) is 0.881. The van der Waals surface area contributed by atoms with E-state index < -0.39 is 0 Å². The Bertz CT molecular complexity index is 188. The lowest BCUT2D eigenvalue weighted by molar-refractivity contribution is 0.250. The molecule has 1 atom stereocenters. The van der Waals surface area contributed by atoms with Crippen LogP contribution in [0.15, 0.2) is 11.6 Å². The van der Waals surface area contributed by atoms with E-state index in [9.17, 15) is 0 Å². The monoisotopic (exact) mass is 150 g/mol. The molecule has 1 unspecified atom stereocenters. The minimum atomic E-state index is 0.667. The topological polar surface area (TPSA) is 0 Å². The third-order valence-corrected chi connectivity index (χ3v) is 3.79. The van der Waals surface area contributed by atoms with Crippen molar-refractivity contribution in [3.05, 3.63) is 11.6 Å². The van der Waals surface area contributed by atoms with Crippen LogP contribution in [0.3, 0.4) is 0 Å². The Morgan fingerprint density at radius 2 is 2.18 bits per heavy atom. The first kappa shape index (κ1) is 7.39. The van der Waals surface area contributed by atoms with Gasteiger partial charge in [-0.25, -0.2) is 0 Å². The van der Waals surface area contributed by atoms with Gasteiger partial charge in [0.15, 0.2) is 0 Å². The summed E-state index contributed by atoms with van der Waals surface area (Å²) < 4.78 is 0. The molecule has 0 aliphatic heterocycles. The molecule has 0 saturated heterocycles. The molecule has 2 rings (SSSR count). The van der Waals surface area contributed by atoms with Crippen molar-refractivity contribution in [2.45, 2.75) is 46.0 Å². The van der Waals surface area contributed by atoms with Crippen molar-refractivity contribution in [1.29, 1.82) is 0 Å². The zero-order chi connectivity index (χ0) is 7.90. The lowest BCUT2D eigenvalue weighted by atomic mass is 9.73. The predicted molar refractivity (Wildman–Crippen MR) is 48.4 cm³/mol. The van der Waals surface area contributed by atoms with Gasteiger partial charge in [0.25, 0.3) is 0 Å². The second-order valence-corrected chi connectivity index (χ2v) is 4.43. The van der Waals surface area contributed by atoms with Crippen LogP contribution in [0.4, 0.5) is 0 Å². The molecule has 0 aromatic rings. The van der Waals surface area contributed by atoms with E-state index in [1.165, 1.54) is 32.1 Å². The minimum absolute atomic E-state index is 0.667. The van der Waals surface area contributed by atoms with Crippen LogP contribution in [0.1, 0.15) is 46.0 Å². The maximum Gasteiger partial charge on any atom is -0.00621 e. The number of rotatable bonds is 1. The van der Waals surface area contributed by atoms with Crippen molar-refractivity contribution in [2.75, 3.05) is 0 Å². The molecule has 0 bridgehead atoms. The van der Waals surface area contributed by atoms with Crippen LogP contribution in [0, 0.1) is 11.3 Å². The van der Waals surface area contributed by atoms with Crippen LogP contribution in [0.25, 0.3) is 0 Å². The van der Waals surface area contributed by atoms with E-state index in [-0.39, 0.29) is 0 Å². The van der Waals surface area contributed by atoms with Gasteiger partial charge in [-0.15, -0.1) is 0 Å². The van der Waals surface area contributed by atoms with Crippen LogP contribution in [-0.4, -0.2) is 0 Å². The second-order valence-electron chi connectivity index (χ2n) is 4.43. The summed E-state index contributed by atoms with van der Waals surface area (Å²) in [6.07, 6.45) is 9.62. The predicted octanol–water partition coefficient (Wildman–Crippen LogP) is 3.53. The van der Waals surface area contributed by atoms with Gasteiger partial charge in [-0.3, -0.25) is 0 Å². The Balaban J connectivity index is 2.29. The summed E-state index contributed by atoms with van der Waals surface area (Å²) in [5.41, 5.74) is 2.47. The number of fused-ring (bicyclic) bond motifs is 1. The normalized spacial score (nSPS) is 36.1. The fraction of sp³-hybridized carbons (Fsp3) is 0.818. The highest BCUT2D eigenvalue weighted by molar-refractivity contribution is 5.24. The number of allylic oxidation sites excluding steroid dienone is 2. The smallest absolute Gasteiger partial charge is 0.00621 e. The van der Waals surface area contributed by atoms with Gasteiger partial charge in [0, 0.05) is 0 Å². The number of hydrogen-bond acceptors (Lipinski definition) is 0. The maximum atomic E-state index is 2.51. The lowest BCUT2D eigenvalue weighted by Gasteiger charge is -2.31. The van der Waals surface area contributed by atoms with E-state index in [4.69, 9.17) is 0 Å². The highest BCUT2D eigenvalue weighted by Gasteiger charge is 2.42. The highest BCUT2D eigenvalue weighted by atomic mass is 14.5. The molecule has 0 aromatic heterocycles. The van der Waals surface area contributed by atoms with Gasteiger partial charge in [0.2, 0.25) is 0 Å². The van der Waals surface area contributed by atoms with Crippen LogP contribution in [-0.2, 0) is 0 Å². The van der Waals surface area contributed by atoms with Crippen LogP contribution in [0.2, 0.25) is 0 Å². The fourth-order valence-electron chi connectivity index (χ4n) is 3.05. The minimum Gasteiger partial charge on any atom is -0.0847 e. The molecule has 0 aromatic carbocycles. The van der Waals surface area contributed by atoms with Gasteiger partial charge in [-0.1, -0.05) is 25.5 Å². The third-order valence-electron chi connectivity index (χ3n) is 3.79. The number of hydrogen-bond donors (Lipinski definition) is 0. The molecular formula is C11H18. The van der Waals surface area contributed by atoms with E-state index in [0.29, 0.717) is 5.41 Å². The quantitative estimate of drug-likeness (QED) is 0.502. The molecular weight excluding hydrogens is 132 g/mol. The SMILES string of the molecule is CC(C)C12CCC=C1CCC2. The molecule has 0 spiro atoms. The van der Waals surface area contributed by atoms with E-state index >= 15 is 0 Å². The summed E-state index contributed by atoms with van der Waals surface area (Å²) in [5.74, 6) is 0.874. The molecule has 2 aliphatic carbocycles. The average Bonchev–Trinajstić information content (AvgIpc) is 2.40. The fourth-order valence-corrected chi connectivity index (χ4v) is 3.05. The molecule has 1 saturated carbocycles. The molecule has 0 N–H and O–H groups in total. The molecule has 0 heteroatoms. The van der Waals surface area contributed by atoms with Crippen LogP contribution >= 0.6 is 0 Å². The van der Waals surface area contributed by atoms with Crippen molar-refractivity contribution in [3.8, 4) is 0 Å². The van der Waals surface area contributed by atoms with Gasteiger partial charge >= 0.3 is 0 Å². The van der Waals surface area contributed by atoms with Crippen molar-refractivity contribution < 1.29 is 0 Å². The Labute approximate surface area is 69.7 Å². The first-order valence-electron chi connectivity index (χ1n) is 4.95. The Morgan fingerprint density at radius 1 is 1.36 bits per heavy atom. The highest BCUT2D eigenvalue weighted by Crippen LogP contribution is 2.55. The molecule has 1 fully saturated rings. The Hall–Kier alpha value is -0.260. The van der Waals surface area contributed by atoms with Gasteiger partial charge in [-0.2, -0.15) is 0 Å². The van der Waals surface area contributed by atoms with Crippen molar-refractivity contribution in [2.24, 2.45) is 11.3 Å². The molecule has 11 heavy (non-hydrogen) atoms. The maximum absolute atomic E-state index is 2.51. The molecule has 0 nitrogen and oxygen atoms in total. The van der Waals surface area contributed by atoms with Gasteiger partial charge in [0.1, 0.15) is 0 Å². The molecule has 2 aliphatic rings. The average molecular weight is 150 g/mol. The largest absolute Gasteiger partial charge is 0.0847 e. The summed E-state index contributed by atoms with van der Waals surface area (Å²) in [4.78, 5) is 0. The van der Waals surface area contributed by atoms with Gasteiger partial charge in [-0.05, 0) is 43.4 Å². The summed E-state index contributed by atoms with van der Waals surface area (Å²) >= 11 is 0. The zero-order valence-electron chi connectivity index (χ0n) is 7.69. The Kier molecular flexibility index (Phi) is 1.59. The zero-order valence-corrected chi connectivity index (χ0v) is 7.69. The van der Waals surface area contributed by atoms with Gasteiger partial charge < -0.3 is 0 Å². The molecule has 0 heterocycles. The summed E-state index contributed by atoms with van der Waals surface area (Å²) in [6, 6.07) is 0. The Morgan fingerprint density at radius 3 is 2.82 bits per heavy atom. The van der Waals surface area contributed by atoms with Crippen molar-refractivity contribution in [1.82, 2.24) is 0 Å². The second kappa shape index (κ2) is 2.36.